The molecule has 0 saturated carbocycles. The molecule has 0 radical (unpaired) electrons. The van der Waals surface area contributed by atoms with Crippen LogP contribution in [0.2, 0.25) is 0 Å². The standard InChI is InChI=1S/C57H42N2/c1-2-12-39-23-25-41(26-24-39)43-15-10-16-44(35-43)42-27-31-48(32-28-42)58-54-21-8-6-19-50(54)52-37-46(29-33-56(52)58)47-30-34-57-53(38-47)51-20-7-9-22-55(51)59(57)49-18-11-17-45(36-49)40-13-4-3-5-14-40/h3-11,13-38H,2,12H2,1H3. The molecule has 2 heterocycles. The predicted octanol–water partition coefficient (Wildman–Crippen LogP) is 15.5. The zero-order valence-corrected chi connectivity index (χ0v) is 33.0. The second-order valence-electron chi connectivity index (χ2n) is 15.7. The van der Waals surface area contributed by atoms with Gasteiger partial charge in [-0.3, -0.25) is 0 Å². The Labute approximate surface area is 344 Å². The molecular weight excluding hydrogens is 713 g/mol. The van der Waals surface area contributed by atoms with E-state index in [-0.39, 0.29) is 0 Å². The number of fused-ring (bicyclic) bond motifs is 6. The van der Waals surface area contributed by atoms with Crippen LogP contribution in [-0.2, 0) is 6.42 Å². The molecule has 0 amide bonds. The van der Waals surface area contributed by atoms with Crippen molar-refractivity contribution in [1.82, 2.24) is 9.13 Å². The van der Waals surface area contributed by atoms with Crippen LogP contribution >= 0.6 is 0 Å². The molecule has 59 heavy (non-hydrogen) atoms. The first-order chi connectivity index (χ1) is 29.2. The Morgan fingerprint density at radius 2 is 0.712 bits per heavy atom. The second kappa shape index (κ2) is 14.5. The van der Waals surface area contributed by atoms with Gasteiger partial charge in [0.15, 0.2) is 0 Å². The Morgan fingerprint density at radius 1 is 0.288 bits per heavy atom. The number of hydrogen-bond acceptors (Lipinski definition) is 0. The van der Waals surface area contributed by atoms with E-state index in [4.69, 9.17) is 0 Å². The van der Waals surface area contributed by atoms with Gasteiger partial charge in [0.1, 0.15) is 0 Å². The Morgan fingerprint density at radius 3 is 1.31 bits per heavy atom. The van der Waals surface area contributed by atoms with E-state index in [1.54, 1.807) is 0 Å². The normalized spacial score (nSPS) is 11.6. The van der Waals surface area contributed by atoms with Gasteiger partial charge < -0.3 is 9.13 Å². The Hall–Kier alpha value is -7.42. The van der Waals surface area contributed by atoms with E-state index < -0.39 is 0 Å². The van der Waals surface area contributed by atoms with Crippen molar-refractivity contribution in [2.24, 2.45) is 0 Å². The van der Waals surface area contributed by atoms with Crippen LogP contribution in [0.25, 0.3) is 99.5 Å². The quantitative estimate of drug-likeness (QED) is 0.146. The molecule has 280 valence electrons. The van der Waals surface area contributed by atoms with E-state index in [1.807, 2.05) is 0 Å². The summed E-state index contributed by atoms with van der Waals surface area (Å²) in [5, 5.41) is 5.01. The maximum Gasteiger partial charge on any atom is 0.0541 e. The minimum absolute atomic E-state index is 1.12. The molecule has 11 aromatic rings. The summed E-state index contributed by atoms with van der Waals surface area (Å²) in [5.74, 6) is 0. The molecule has 0 aliphatic heterocycles. The molecule has 2 nitrogen and oxygen atoms in total. The van der Waals surface area contributed by atoms with E-state index in [2.05, 4.69) is 228 Å². The molecule has 0 saturated heterocycles. The van der Waals surface area contributed by atoms with Crippen molar-refractivity contribution >= 4 is 43.6 Å². The smallest absolute Gasteiger partial charge is 0.0541 e. The van der Waals surface area contributed by atoms with E-state index in [1.165, 1.54) is 93.7 Å². The van der Waals surface area contributed by atoms with Crippen LogP contribution in [0.1, 0.15) is 18.9 Å². The van der Waals surface area contributed by atoms with Gasteiger partial charge in [0.2, 0.25) is 0 Å². The highest BCUT2D eigenvalue weighted by molar-refractivity contribution is 6.12. The highest BCUT2D eigenvalue weighted by Gasteiger charge is 2.17. The maximum atomic E-state index is 2.41. The maximum absolute atomic E-state index is 2.41. The van der Waals surface area contributed by atoms with Gasteiger partial charge >= 0.3 is 0 Å². The van der Waals surface area contributed by atoms with Crippen LogP contribution in [0.15, 0.2) is 212 Å². The van der Waals surface area contributed by atoms with Crippen LogP contribution in [-0.4, -0.2) is 9.13 Å². The monoisotopic (exact) mass is 754 g/mol. The Bertz CT molecular complexity index is 3310. The van der Waals surface area contributed by atoms with Gasteiger partial charge in [-0.2, -0.15) is 0 Å². The van der Waals surface area contributed by atoms with Crippen LogP contribution in [0, 0.1) is 0 Å². The molecular formula is C57H42N2. The number of aromatic nitrogens is 2. The third kappa shape index (κ3) is 6.13. The molecule has 2 heteroatoms. The molecule has 0 unspecified atom stereocenters. The molecule has 11 rings (SSSR count). The molecule has 9 aromatic carbocycles. The fraction of sp³-hybridized carbons (Fsp3) is 0.0526. The van der Waals surface area contributed by atoms with Crippen LogP contribution in [0.4, 0.5) is 0 Å². The van der Waals surface area contributed by atoms with Crippen LogP contribution in [0.3, 0.4) is 0 Å². The van der Waals surface area contributed by atoms with Crippen LogP contribution in [0.5, 0.6) is 0 Å². The highest BCUT2D eigenvalue weighted by Crippen LogP contribution is 2.39. The largest absolute Gasteiger partial charge is 0.309 e. The molecule has 0 spiro atoms. The zero-order chi connectivity index (χ0) is 39.3. The van der Waals surface area contributed by atoms with E-state index in [0.717, 1.165) is 24.2 Å². The van der Waals surface area contributed by atoms with Gasteiger partial charge in [0.05, 0.1) is 22.1 Å². The van der Waals surface area contributed by atoms with Crippen molar-refractivity contribution in [3.63, 3.8) is 0 Å². The van der Waals surface area contributed by atoms with Gasteiger partial charge in [-0.05, 0) is 123 Å². The summed E-state index contributed by atoms with van der Waals surface area (Å²) in [5.41, 5.74) is 18.3. The number of nitrogens with zero attached hydrogens (tertiary/aromatic N) is 2. The van der Waals surface area contributed by atoms with Gasteiger partial charge in [-0.25, -0.2) is 0 Å². The lowest BCUT2D eigenvalue weighted by Crippen LogP contribution is -1.94. The number of hydrogen-bond donors (Lipinski definition) is 0. The minimum atomic E-state index is 1.12. The third-order valence-electron chi connectivity index (χ3n) is 12.0. The lowest BCUT2D eigenvalue weighted by Gasteiger charge is -2.11. The summed E-state index contributed by atoms with van der Waals surface area (Å²) in [6.45, 7) is 2.23. The van der Waals surface area contributed by atoms with Crippen molar-refractivity contribution in [2.45, 2.75) is 19.8 Å². The van der Waals surface area contributed by atoms with Crippen LogP contribution < -0.4 is 0 Å². The first-order valence-corrected chi connectivity index (χ1v) is 20.7. The first kappa shape index (κ1) is 34.8. The van der Waals surface area contributed by atoms with Gasteiger partial charge in [-0.15, -0.1) is 0 Å². The van der Waals surface area contributed by atoms with E-state index >= 15 is 0 Å². The Kier molecular flexibility index (Phi) is 8.56. The lowest BCUT2D eigenvalue weighted by atomic mass is 9.98. The van der Waals surface area contributed by atoms with Gasteiger partial charge in [0, 0.05) is 32.9 Å². The predicted molar refractivity (Wildman–Crippen MR) is 251 cm³/mol. The molecule has 0 fully saturated rings. The minimum Gasteiger partial charge on any atom is -0.309 e. The number of aryl methyl sites for hydroxylation is 1. The van der Waals surface area contributed by atoms with E-state index in [9.17, 15) is 0 Å². The van der Waals surface area contributed by atoms with Crippen molar-refractivity contribution in [3.05, 3.63) is 218 Å². The molecule has 0 aliphatic carbocycles. The van der Waals surface area contributed by atoms with Gasteiger partial charge in [0.25, 0.3) is 0 Å². The fourth-order valence-corrected chi connectivity index (χ4v) is 9.15. The summed E-state index contributed by atoms with van der Waals surface area (Å²) in [4.78, 5) is 0. The molecule has 0 N–H and O–H groups in total. The third-order valence-corrected chi connectivity index (χ3v) is 12.0. The van der Waals surface area contributed by atoms with Crippen molar-refractivity contribution in [2.75, 3.05) is 0 Å². The number of para-hydroxylation sites is 2. The Balaban J connectivity index is 0.963. The van der Waals surface area contributed by atoms with Gasteiger partial charge in [-0.1, -0.05) is 159 Å². The highest BCUT2D eigenvalue weighted by atomic mass is 15.0. The summed E-state index contributed by atoms with van der Waals surface area (Å²) < 4.78 is 4.82. The van der Waals surface area contributed by atoms with E-state index in [0.29, 0.717) is 0 Å². The number of benzene rings is 9. The van der Waals surface area contributed by atoms with Crippen molar-refractivity contribution in [3.8, 4) is 55.9 Å². The summed E-state index contributed by atoms with van der Waals surface area (Å²) in [7, 11) is 0. The van der Waals surface area contributed by atoms with Crippen molar-refractivity contribution < 1.29 is 0 Å². The summed E-state index contributed by atoms with van der Waals surface area (Å²) in [6, 6.07) is 78.0. The first-order valence-electron chi connectivity index (χ1n) is 20.7. The molecule has 2 aromatic heterocycles. The molecule has 0 aliphatic rings. The fourth-order valence-electron chi connectivity index (χ4n) is 9.15. The average molecular weight is 755 g/mol. The molecule has 0 atom stereocenters. The topological polar surface area (TPSA) is 9.86 Å². The number of rotatable bonds is 8. The summed E-state index contributed by atoms with van der Waals surface area (Å²) >= 11 is 0. The zero-order valence-electron chi connectivity index (χ0n) is 33.0. The second-order valence-corrected chi connectivity index (χ2v) is 15.7. The van der Waals surface area contributed by atoms with Crippen molar-refractivity contribution in [1.29, 1.82) is 0 Å². The molecule has 0 bridgehead atoms. The average Bonchev–Trinajstić information content (AvgIpc) is 3.82. The summed E-state index contributed by atoms with van der Waals surface area (Å²) in [6.07, 6.45) is 2.28. The lowest BCUT2D eigenvalue weighted by molar-refractivity contribution is 0.922. The SMILES string of the molecule is CCCc1ccc(-c2cccc(-c3ccc(-n4c5ccccc5c5cc(-c6ccc7c(c6)c6ccccc6n7-c6cccc(-c7ccccc7)c6)ccc54)cc3)c2)cc1.